The fourth-order valence-electron chi connectivity index (χ4n) is 2.32. The van der Waals surface area contributed by atoms with E-state index in [4.69, 9.17) is 0 Å². The Morgan fingerprint density at radius 3 is 2.55 bits per heavy atom. The summed E-state index contributed by atoms with van der Waals surface area (Å²) in [5.74, 6) is -1.75. The van der Waals surface area contributed by atoms with Crippen LogP contribution in [0.25, 0.3) is 0 Å². The predicted octanol–water partition coefficient (Wildman–Crippen LogP) is 2.17. The lowest BCUT2D eigenvalue weighted by Crippen LogP contribution is -2.34. The average molecular weight is 305 g/mol. The number of rotatable bonds is 5. The monoisotopic (exact) mass is 304 g/mol. The molecule has 0 saturated heterocycles. The molecule has 20 heavy (non-hydrogen) atoms. The largest absolute Gasteiger partial charge is 0.344 e. The third-order valence-electron chi connectivity index (χ3n) is 3.55. The van der Waals surface area contributed by atoms with E-state index in [0.29, 0.717) is 19.5 Å². The number of hydrogen-bond donors (Lipinski definition) is 1. The molecule has 1 N–H and O–H groups in total. The molecular weight excluding hydrogens is 286 g/mol. The van der Waals surface area contributed by atoms with Crippen molar-refractivity contribution in [3.05, 3.63) is 35.4 Å². The van der Waals surface area contributed by atoms with Gasteiger partial charge >= 0.3 is 0 Å². The first-order valence-electron chi connectivity index (χ1n) is 6.39. The third-order valence-corrected chi connectivity index (χ3v) is 3.55. The molecule has 0 radical (unpaired) electrons. The average Bonchev–Trinajstić information content (AvgIpc) is 3.15. The number of amides is 1. The molecule has 0 aliphatic heterocycles. The van der Waals surface area contributed by atoms with Crippen LogP contribution in [0.4, 0.5) is 8.78 Å². The van der Waals surface area contributed by atoms with Crippen molar-refractivity contribution in [1.82, 2.24) is 10.2 Å². The van der Waals surface area contributed by atoms with Crippen LogP contribution >= 0.6 is 12.4 Å². The first kappa shape index (κ1) is 16.9. The van der Waals surface area contributed by atoms with E-state index in [9.17, 15) is 13.6 Å². The molecule has 1 fully saturated rings. The van der Waals surface area contributed by atoms with Crippen LogP contribution in [0.1, 0.15) is 17.9 Å². The number of carbonyl (C=O) groups excluding carboxylic acids is 1. The van der Waals surface area contributed by atoms with Crippen molar-refractivity contribution in [3.8, 4) is 0 Å². The molecule has 1 aliphatic carbocycles. The molecule has 1 amide bonds. The van der Waals surface area contributed by atoms with Gasteiger partial charge in [-0.2, -0.15) is 0 Å². The molecule has 2 unspecified atom stereocenters. The number of nitrogens with zero attached hydrogens (tertiary/aromatic N) is 1. The molecule has 6 heteroatoms. The van der Waals surface area contributed by atoms with E-state index in [0.717, 1.165) is 0 Å². The molecule has 0 aromatic heterocycles. The third kappa shape index (κ3) is 3.46. The fourth-order valence-corrected chi connectivity index (χ4v) is 2.32. The lowest BCUT2D eigenvalue weighted by atomic mass is 10.1. The second kappa shape index (κ2) is 6.99. The first-order chi connectivity index (χ1) is 9.06. The number of benzene rings is 1. The highest BCUT2D eigenvalue weighted by atomic mass is 35.5. The SMILES string of the molecule is CNCCN(C)C(=O)C1CC1c1c(F)cccc1F.Cl. The minimum absolute atomic E-state index is 0. The van der Waals surface area contributed by atoms with E-state index < -0.39 is 11.6 Å². The van der Waals surface area contributed by atoms with E-state index in [1.807, 2.05) is 7.05 Å². The molecule has 112 valence electrons. The van der Waals surface area contributed by atoms with Crippen LogP contribution in [0.3, 0.4) is 0 Å². The molecule has 3 nitrogen and oxygen atoms in total. The Kier molecular flexibility index (Phi) is 5.89. The van der Waals surface area contributed by atoms with E-state index in [-0.39, 0.29) is 35.7 Å². The van der Waals surface area contributed by atoms with Gasteiger partial charge in [0.1, 0.15) is 11.6 Å². The van der Waals surface area contributed by atoms with Gasteiger partial charge in [-0.3, -0.25) is 4.79 Å². The van der Waals surface area contributed by atoms with Gasteiger partial charge in [0.15, 0.2) is 0 Å². The van der Waals surface area contributed by atoms with Crippen molar-refractivity contribution in [3.63, 3.8) is 0 Å². The summed E-state index contributed by atoms with van der Waals surface area (Å²) in [4.78, 5) is 13.7. The van der Waals surface area contributed by atoms with Gasteiger partial charge in [-0.25, -0.2) is 8.78 Å². The Bertz CT molecular complexity index is 464. The van der Waals surface area contributed by atoms with Gasteiger partial charge in [-0.05, 0) is 25.6 Å². The van der Waals surface area contributed by atoms with Crippen LogP contribution < -0.4 is 5.32 Å². The summed E-state index contributed by atoms with van der Waals surface area (Å²) in [6.45, 7) is 1.30. The van der Waals surface area contributed by atoms with Crippen LogP contribution in [0, 0.1) is 17.6 Å². The van der Waals surface area contributed by atoms with Gasteiger partial charge in [-0.1, -0.05) is 6.07 Å². The molecule has 1 aromatic carbocycles. The van der Waals surface area contributed by atoms with Crippen molar-refractivity contribution in [2.45, 2.75) is 12.3 Å². The maximum Gasteiger partial charge on any atom is 0.226 e. The van der Waals surface area contributed by atoms with Crippen molar-refractivity contribution in [2.75, 3.05) is 27.2 Å². The maximum absolute atomic E-state index is 13.6. The zero-order valence-corrected chi connectivity index (χ0v) is 12.3. The Balaban J connectivity index is 0.00000200. The summed E-state index contributed by atoms with van der Waals surface area (Å²) in [6, 6.07) is 3.82. The maximum atomic E-state index is 13.6. The Labute approximate surface area is 123 Å². The van der Waals surface area contributed by atoms with Crippen molar-refractivity contribution >= 4 is 18.3 Å². The topological polar surface area (TPSA) is 32.3 Å². The number of halogens is 3. The molecule has 1 aliphatic rings. The standard InChI is InChI=1S/C14H18F2N2O.ClH/c1-17-6-7-18(2)14(19)10-8-9(10)13-11(15)4-3-5-12(13)16;/h3-5,9-10,17H,6-8H2,1-2H3;1H. The van der Waals surface area contributed by atoms with E-state index in [2.05, 4.69) is 5.32 Å². The Hall–Kier alpha value is -1.20. The summed E-state index contributed by atoms with van der Waals surface area (Å²) in [5.41, 5.74) is 0.0582. The molecule has 2 rings (SSSR count). The quantitative estimate of drug-likeness (QED) is 0.904. The number of hydrogen-bond acceptors (Lipinski definition) is 2. The smallest absolute Gasteiger partial charge is 0.226 e. The highest BCUT2D eigenvalue weighted by Crippen LogP contribution is 2.49. The normalized spacial score (nSPS) is 20.2. The summed E-state index contributed by atoms with van der Waals surface area (Å²) >= 11 is 0. The summed E-state index contributed by atoms with van der Waals surface area (Å²) in [7, 11) is 3.53. The molecule has 2 atom stereocenters. The van der Waals surface area contributed by atoms with Gasteiger partial charge in [0, 0.05) is 37.5 Å². The highest BCUT2D eigenvalue weighted by molar-refractivity contribution is 5.85. The summed E-state index contributed by atoms with van der Waals surface area (Å²) < 4.78 is 27.2. The van der Waals surface area contributed by atoms with Crippen LogP contribution in [-0.2, 0) is 4.79 Å². The van der Waals surface area contributed by atoms with Gasteiger partial charge in [0.25, 0.3) is 0 Å². The van der Waals surface area contributed by atoms with Crippen LogP contribution in [-0.4, -0.2) is 38.0 Å². The zero-order valence-electron chi connectivity index (χ0n) is 11.5. The number of carbonyl (C=O) groups is 1. The Morgan fingerprint density at radius 2 is 2.00 bits per heavy atom. The highest BCUT2D eigenvalue weighted by Gasteiger charge is 2.47. The van der Waals surface area contributed by atoms with E-state index in [1.54, 1.807) is 11.9 Å². The second-order valence-corrected chi connectivity index (χ2v) is 4.95. The van der Waals surface area contributed by atoms with E-state index in [1.165, 1.54) is 18.2 Å². The fraction of sp³-hybridized carbons (Fsp3) is 0.500. The predicted molar refractivity (Wildman–Crippen MR) is 76.0 cm³/mol. The van der Waals surface area contributed by atoms with Crippen molar-refractivity contribution in [2.24, 2.45) is 5.92 Å². The van der Waals surface area contributed by atoms with Gasteiger partial charge in [0.2, 0.25) is 5.91 Å². The van der Waals surface area contributed by atoms with Gasteiger partial charge < -0.3 is 10.2 Å². The van der Waals surface area contributed by atoms with Gasteiger partial charge in [-0.15, -0.1) is 12.4 Å². The zero-order chi connectivity index (χ0) is 14.0. The number of likely N-dealkylation sites (N-methyl/N-ethyl adjacent to an activating group) is 2. The molecule has 0 heterocycles. The second-order valence-electron chi connectivity index (χ2n) is 4.95. The minimum atomic E-state index is -0.557. The van der Waals surface area contributed by atoms with Crippen molar-refractivity contribution < 1.29 is 13.6 Å². The van der Waals surface area contributed by atoms with Crippen LogP contribution in [0.2, 0.25) is 0 Å². The lowest BCUT2D eigenvalue weighted by Gasteiger charge is -2.17. The summed E-state index contributed by atoms with van der Waals surface area (Å²) in [6.07, 6.45) is 0.528. The van der Waals surface area contributed by atoms with Gasteiger partial charge in [0.05, 0.1) is 0 Å². The summed E-state index contributed by atoms with van der Waals surface area (Å²) in [5, 5.41) is 2.96. The molecule has 0 spiro atoms. The van der Waals surface area contributed by atoms with E-state index >= 15 is 0 Å². The molecule has 1 saturated carbocycles. The minimum Gasteiger partial charge on any atom is -0.344 e. The van der Waals surface area contributed by atoms with Crippen molar-refractivity contribution in [1.29, 1.82) is 0 Å². The Morgan fingerprint density at radius 1 is 1.40 bits per heavy atom. The molecule has 1 aromatic rings. The first-order valence-corrected chi connectivity index (χ1v) is 6.39. The molecule has 0 bridgehead atoms. The lowest BCUT2D eigenvalue weighted by molar-refractivity contribution is -0.131. The number of nitrogens with one attached hydrogen (secondary N) is 1. The van der Waals surface area contributed by atoms with Crippen LogP contribution in [0.15, 0.2) is 18.2 Å². The molecular formula is C14H19ClF2N2O. The van der Waals surface area contributed by atoms with Crippen LogP contribution in [0.5, 0.6) is 0 Å².